The number of hydrogen-bond donors (Lipinski definition) is 1. The molecule has 0 heterocycles. The van der Waals surface area contributed by atoms with Crippen LogP contribution in [0.3, 0.4) is 0 Å². The summed E-state index contributed by atoms with van der Waals surface area (Å²) in [5.74, 6) is -2.15. The van der Waals surface area contributed by atoms with Gasteiger partial charge in [0.05, 0.1) is 19.3 Å². The smallest absolute Gasteiger partial charge is 0.404 e. The lowest BCUT2D eigenvalue weighted by Crippen LogP contribution is -2.47. The number of rotatable bonds is 20. The molecule has 7 atom stereocenters. The highest BCUT2D eigenvalue weighted by Gasteiger charge is 2.57. The predicted octanol–water partition coefficient (Wildman–Crippen LogP) is 10.5. The zero-order valence-electron chi connectivity index (χ0n) is 29.3. The summed E-state index contributed by atoms with van der Waals surface area (Å²) < 4.78 is 105. The maximum Gasteiger partial charge on any atom is 0.530 e. The fraction of sp³-hybridized carbons (Fsp3) is 0.833. The van der Waals surface area contributed by atoms with Crippen LogP contribution in [0.4, 0.5) is 22.0 Å². The molecule has 1 N–H and O–H groups in total. The van der Waals surface area contributed by atoms with Gasteiger partial charge in [-0.05, 0) is 118 Å². The van der Waals surface area contributed by atoms with Crippen molar-refractivity contribution in [3.05, 3.63) is 29.3 Å². The molecular weight excluding hydrogens is 686 g/mol. The summed E-state index contributed by atoms with van der Waals surface area (Å²) in [6.45, 7) is 6.21. The normalized spacial score (nSPS) is 27.7. The maximum atomic E-state index is 13.1. The lowest BCUT2D eigenvalue weighted by atomic mass is 9.52. The molecule has 0 radical (unpaired) electrons. The highest BCUT2D eigenvalue weighted by molar-refractivity contribution is 7.84. The number of aliphatic hydroxyl groups excluding tert-OH is 1. The Bertz CT molecular complexity index is 1270. The number of benzene rings is 1. The van der Waals surface area contributed by atoms with E-state index in [1.165, 1.54) is 11.1 Å². The quantitative estimate of drug-likeness (QED) is 0.0814. The van der Waals surface area contributed by atoms with Gasteiger partial charge in [0.25, 0.3) is 0 Å². The van der Waals surface area contributed by atoms with Crippen molar-refractivity contribution in [2.45, 2.75) is 141 Å². The number of phosphoric acid groups is 1. The molecule has 0 bridgehead atoms. The van der Waals surface area contributed by atoms with E-state index in [0.29, 0.717) is 41.6 Å². The largest absolute Gasteiger partial charge is 0.530 e. The van der Waals surface area contributed by atoms with Gasteiger partial charge in [-0.1, -0.05) is 51.5 Å². The van der Waals surface area contributed by atoms with Gasteiger partial charge >= 0.3 is 19.9 Å². The van der Waals surface area contributed by atoms with Crippen LogP contribution in [0, 0.1) is 23.2 Å². The van der Waals surface area contributed by atoms with E-state index in [-0.39, 0.29) is 30.5 Å². The Hall–Kier alpha value is -1.07. The average molecular weight is 743 g/mol. The maximum absolute atomic E-state index is 13.1. The molecule has 1 aromatic carbocycles. The van der Waals surface area contributed by atoms with Crippen LogP contribution < -0.4 is 4.52 Å². The second kappa shape index (κ2) is 17.6. The van der Waals surface area contributed by atoms with E-state index in [0.717, 1.165) is 77.0 Å². The molecule has 282 valence electrons. The minimum absolute atomic E-state index is 0.0423. The summed E-state index contributed by atoms with van der Waals surface area (Å²) in [6.07, 6.45) is 5.26. The van der Waals surface area contributed by atoms with Gasteiger partial charge in [0, 0.05) is 28.7 Å². The van der Waals surface area contributed by atoms with Crippen LogP contribution in [0.2, 0.25) is 0 Å². The molecule has 2 saturated carbocycles. The SMILES string of the molecule is CCOP(=O)(OCC)Oc1ccc2c(c1)C[C@@H](CCCCCCCCCS(=O)CCCC(F)(F)C(F)(F)F)[C@@H]1[C@@H]2CC[C@]2(C)[C@@H](O)CC[C@@H]12. The third kappa shape index (κ3) is 10.3. The zero-order chi connectivity index (χ0) is 35.9. The number of fused-ring (bicyclic) bond motifs is 5. The van der Waals surface area contributed by atoms with Crippen LogP contribution >= 0.6 is 7.82 Å². The summed E-state index contributed by atoms with van der Waals surface area (Å²) in [5, 5.41) is 11.0. The molecule has 0 saturated heterocycles. The number of unbranched alkanes of at least 4 members (excludes halogenated alkanes) is 6. The summed E-state index contributed by atoms with van der Waals surface area (Å²) in [4.78, 5) is 0. The van der Waals surface area contributed by atoms with E-state index in [1.807, 2.05) is 12.1 Å². The van der Waals surface area contributed by atoms with E-state index >= 15 is 0 Å². The molecular formula is C36H56F5O6PS. The van der Waals surface area contributed by atoms with E-state index < -0.39 is 43.6 Å². The molecule has 2 fully saturated rings. The van der Waals surface area contributed by atoms with E-state index in [2.05, 4.69) is 13.0 Å². The van der Waals surface area contributed by atoms with Crippen LogP contribution in [0.15, 0.2) is 18.2 Å². The number of halogens is 5. The van der Waals surface area contributed by atoms with Crippen molar-refractivity contribution >= 4 is 18.6 Å². The Balaban J connectivity index is 1.26. The molecule has 3 aliphatic carbocycles. The average Bonchev–Trinajstić information content (AvgIpc) is 3.33. The highest BCUT2D eigenvalue weighted by atomic mass is 32.2. The highest BCUT2D eigenvalue weighted by Crippen LogP contribution is 2.63. The first-order chi connectivity index (χ1) is 23.1. The Morgan fingerprint density at radius 3 is 2.20 bits per heavy atom. The van der Waals surface area contributed by atoms with E-state index in [9.17, 15) is 35.8 Å². The van der Waals surface area contributed by atoms with Gasteiger partial charge in [0.2, 0.25) is 0 Å². The van der Waals surface area contributed by atoms with Crippen molar-refractivity contribution in [1.29, 1.82) is 0 Å². The monoisotopic (exact) mass is 742 g/mol. The van der Waals surface area contributed by atoms with Crippen LogP contribution in [0.5, 0.6) is 5.75 Å². The van der Waals surface area contributed by atoms with Crippen LogP contribution in [0.25, 0.3) is 0 Å². The first-order valence-electron chi connectivity index (χ1n) is 18.3. The third-order valence-corrected chi connectivity index (χ3v) is 14.4. The van der Waals surface area contributed by atoms with Crippen molar-refractivity contribution in [2.75, 3.05) is 24.7 Å². The molecule has 13 heteroatoms. The predicted molar refractivity (Wildman–Crippen MR) is 182 cm³/mol. The van der Waals surface area contributed by atoms with E-state index in [1.54, 1.807) is 13.8 Å². The Morgan fingerprint density at radius 2 is 1.55 bits per heavy atom. The van der Waals surface area contributed by atoms with Gasteiger partial charge in [0.1, 0.15) is 5.75 Å². The van der Waals surface area contributed by atoms with Gasteiger partial charge < -0.3 is 9.63 Å². The first-order valence-corrected chi connectivity index (χ1v) is 21.3. The Labute approximate surface area is 291 Å². The lowest BCUT2D eigenvalue weighted by Gasteiger charge is -2.53. The second-order valence-corrected chi connectivity index (χ2v) is 17.8. The number of phosphoric ester groups is 1. The molecule has 0 amide bonds. The minimum Gasteiger partial charge on any atom is -0.404 e. The lowest BCUT2D eigenvalue weighted by molar-refractivity contribution is -0.284. The fourth-order valence-electron chi connectivity index (χ4n) is 8.87. The van der Waals surface area contributed by atoms with Gasteiger partial charge in [0.15, 0.2) is 0 Å². The number of alkyl halides is 5. The Kier molecular flexibility index (Phi) is 14.6. The standard InChI is InChI=1S/C36H56F5O6PS/c1-4-45-48(43,46-5-2)47-28-15-16-29-27(25-28)24-26(33-30(29)19-21-34(3)31(33)17-18-32(34)42)14-11-9-7-6-8-10-12-22-49(44)23-13-20-35(37,38)36(39,40)41/h15-16,25-26,30-33,42H,4-14,17-24H2,1-3H3/t26-,30-,31+,32+,33-,34+,49?/m1/s1. The van der Waals surface area contributed by atoms with Crippen LogP contribution in [-0.2, 0) is 30.8 Å². The molecule has 1 unspecified atom stereocenters. The minimum atomic E-state index is -5.56. The molecule has 0 aliphatic heterocycles. The molecule has 0 spiro atoms. The zero-order valence-corrected chi connectivity index (χ0v) is 31.0. The van der Waals surface area contributed by atoms with Gasteiger partial charge in [-0.2, -0.15) is 22.0 Å². The number of aliphatic hydroxyl groups is 1. The fourth-order valence-corrected chi connectivity index (χ4v) is 11.2. The molecule has 6 nitrogen and oxygen atoms in total. The molecule has 1 aromatic rings. The topological polar surface area (TPSA) is 82.1 Å². The van der Waals surface area contributed by atoms with Crippen molar-refractivity contribution in [3.63, 3.8) is 0 Å². The third-order valence-electron chi connectivity index (χ3n) is 11.3. The van der Waals surface area contributed by atoms with Crippen molar-refractivity contribution in [3.8, 4) is 5.75 Å². The van der Waals surface area contributed by atoms with Crippen molar-refractivity contribution in [2.24, 2.45) is 23.2 Å². The molecule has 4 rings (SSSR count). The summed E-state index contributed by atoms with van der Waals surface area (Å²) in [7, 11) is -5.09. The van der Waals surface area contributed by atoms with Gasteiger partial charge in [-0.25, -0.2) is 4.57 Å². The van der Waals surface area contributed by atoms with Gasteiger partial charge in [-0.15, -0.1) is 0 Å². The van der Waals surface area contributed by atoms with Crippen LogP contribution in [-0.4, -0.2) is 52.2 Å². The van der Waals surface area contributed by atoms with Crippen molar-refractivity contribution in [1.82, 2.24) is 0 Å². The Morgan fingerprint density at radius 1 is 0.918 bits per heavy atom. The molecule has 49 heavy (non-hydrogen) atoms. The number of hydrogen-bond acceptors (Lipinski definition) is 6. The molecule has 3 aliphatic rings. The first kappa shape index (κ1) is 40.7. The summed E-state index contributed by atoms with van der Waals surface area (Å²) in [5.41, 5.74) is 2.54. The molecule has 0 aromatic heterocycles. The van der Waals surface area contributed by atoms with Crippen molar-refractivity contribution < 1.29 is 49.4 Å². The van der Waals surface area contributed by atoms with Crippen LogP contribution in [0.1, 0.15) is 128 Å². The van der Waals surface area contributed by atoms with Gasteiger partial charge in [-0.3, -0.25) is 13.3 Å². The second-order valence-electron chi connectivity index (χ2n) is 14.5. The van der Waals surface area contributed by atoms with E-state index in [4.69, 9.17) is 13.6 Å². The summed E-state index contributed by atoms with van der Waals surface area (Å²) >= 11 is 0. The summed E-state index contributed by atoms with van der Waals surface area (Å²) in [6, 6.07) is 6.04.